The lowest BCUT2D eigenvalue weighted by Crippen LogP contribution is -2.58. The lowest BCUT2D eigenvalue weighted by Gasteiger charge is -2.41. The minimum atomic E-state index is -1.13. The Morgan fingerprint density at radius 2 is 2.07 bits per heavy atom. The second kappa shape index (κ2) is 6.45. The summed E-state index contributed by atoms with van der Waals surface area (Å²) in [6.45, 7) is 1.70. The first-order valence-electron chi connectivity index (χ1n) is 8.91. The summed E-state index contributed by atoms with van der Waals surface area (Å²) in [6, 6.07) is 0. The number of fused-ring (bicyclic) bond motifs is 2. The maximum Gasteiger partial charge on any atom is 0.251 e. The molecule has 0 saturated carbocycles. The SMILES string of the molecule is CC1(C(=O)Nc2sc3c(c2C(N)=O)CCCC3)CC(=O)N=C2C=CC=CN21. The van der Waals surface area contributed by atoms with Gasteiger partial charge in [0.05, 0.1) is 12.0 Å². The van der Waals surface area contributed by atoms with Gasteiger partial charge in [0.15, 0.2) is 0 Å². The molecule has 3 heterocycles. The van der Waals surface area contributed by atoms with Crippen molar-refractivity contribution in [2.45, 2.75) is 44.6 Å². The minimum Gasteiger partial charge on any atom is -0.365 e. The zero-order chi connectivity index (χ0) is 19.2. The Bertz CT molecular complexity index is 943. The van der Waals surface area contributed by atoms with Crippen molar-refractivity contribution in [1.29, 1.82) is 0 Å². The van der Waals surface area contributed by atoms with Crippen LogP contribution in [-0.2, 0) is 22.4 Å². The number of nitrogens with zero attached hydrogens (tertiary/aromatic N) is 2. The van der Waals surface area contributed by atoms with Gasteiger partial charge in [0.2, 0.25) is 0 Å². The number of primary amides is 1. The average molecular weight is 384 g/mol. The molecule has 8 heteroatoms. The Labute approximate surface area is 160 Å². The van der Waals surface area contributed by atoms with Crippen LogP contribution < -0.4 is 11.1 Å². The van der Waals surface area contributed by atoms with Gasteiger partial charge < -0.3 is 16.0 Å². The molecule has 0 saturated heterocycles. The standard InChI is InChI=1S/C19H20N4O3S/c1-19(10-14(24)21-13-8-4-5-9-23(13)19)18(26)22-17-15(16(20)25)11-6-2-3-7-12(11)27-17/h4-5,8-9H,2-3,6-7,10H2,1H3,(H2,20,25)(H,22,26). The van der Waals surface area contributed by atoms with Gasteiger partial charge in [0.1, 0.15) is 16.4 Å². The fourth-order valence-electron chi connectivity index (χ4n) is 3.83. The lowest BCUT2D eigenvalue weighted by molar-refractivity contribution is -0.130. The van der Waals surface area contributed by atoms with E-state index in [4.69, 9.17) is 5.73 Å². The number of amides is 3. The maximum absolute atomic E-state index is 13.2. The van der Waals surface area contributed by atoms with Crippen LogP contribution in [0.4, 0.5) is 5.00 Å². The van der Waals surface area contributed by atoms with Crippen molar-refractivity contribution in [3.8, 4) is 0 Å². The molecule has 0 aromatic carbocycles. The van der Waals surface area contributed by atoms with Crippen molar-refractivity contribution in [1.82, 2.24) is 4.90 Å². The van der Waals surface area contributed by atoms with Crippen molar-refractivity contribution in [2.24, 2.45) is 10.7 Å². The minimum absolute atomic E-state index is 0.0441. The highest BCUT2D eigenvalue weighted by Gasteiger charge is 2.45. The first-order valence-corrected chi connectivity index (χ1v) is 9.73. The van der Waals surface area contributed by atoms with Crippen LogP contribution in [0.25, 0.3) is 0 Å². The molecule has 1 aliphatic carbocycles. The summed E-state index contributed by atoms with van der Waals surface area (Å²) in [5.74, 6) is -0.798. The molecule has 3 aliphatic rings. The van der Waals surface area contributed by atoms with Crippen molar-refractivity contribution >= 4 is 39.9 Å². The monoisotopic (exact) mass is 384 g/mol. The molecule has 140 valence electrons. The summed E-state index contributed by atoms with van der Waals surface area (Å²) in [7, 11) is 0. The Balaban J connectivity index is 1.68. The molecule has 2 aliphatic heterocycles. The molecule has 3 amide bonds. The number of amidine groups is 1. The van der Waals surface area contributed by atoms with E-state index in [0.29, 0.717) is 16.4 Å². The predicted molar refractivity (Wildman–Crippen MR) is 104 cm³/mol. The number of rotatable bonds is 3. The molecule has 1 atom stereocenters. The fraction of sp³-hybridized carbons (Fsp3) is 0.368. The molecule has 4 rings (SSSR count). The first kappa shape index (κ1) is 17.7. The number of aryl methyl sites for hydroxylation is 1. The Morgan fingerprint density at radius 1 is 1.30 bits per heavy atom. The first-order chi connectivity index (χ1) is 12.9. The molecule has 0 radical (unpaired) electrons. The van der Waals surface area contributed by atoms with Crippen LogP contribution in [0.5, 0.6) is 0 Å². The van der Waals surface area contributed by atoms with E-state index in [2.05, 4.69) is 10.3 Å². The van der Waals surface area contributed by atoms with Gasteiger partial charge >= 0.3 is 0 Å². The number of carbonyl (C=O) groups is 3. The molecular formula is C19H20N4O3S. The van der Waals surface area contributed by atoms with Crippen LogP contribution in [-0.4, -0.2) is 34.0 Å². The normalized spacial score (nSPS) is 23.5. The summed E-state index contributed by atoms with van der Waals surface area (Å²) >= 11 is 1.41. The van der Waals surface area contributed by atoms with Crippen molar-refractivity contribution in [3.63, 3.8) is 0 Å². The van der Waals surface area contributed by atoms with Crippen molar-refractivity contribution < 1.29 is 14.4 Å². The van der Waals surface area contributed by atoms with Gasteiger partial charge in [-0.15, -0.1) is 11.3 Å². The van der Waals surface area contributed by atoms with E-state index in [1.54, 1.807) is 36.3 Å². The van der Waals surface area contributed by atoms with Gasteiger partial charge in [-0.2, -0.15) is 4.99 Å². The fourth-order valence-corrected chi connectivity index (χ4v) is 5.12. The third-order valence-electron chi connectivity index (χ3n) is 5.24. The molecule has 1 aromatic rings. The number of aliphatic imine (C=N–C) groups is 1. The van der Waals surface area contributed by atoms with E-state index >= 15 is 0 Å². The van der Waals surface area contributed by atoms with Gasteiger partial charge in [-0.25, -0.2) is 0 Å². The number of carbonyl (C=O) groups excluding carboxylic acids is 3. The van der Waals surface area contributed by atoms with Gasteiger partial charge in [-0.1, -0.05) is 6.08 Å². The molecule has 0 fully saturated rings. The number of hydrogen-bond donors (Lipinski definition) is 2. The second-order valence-electron chi connectivity index (χ2n) is 7.12. The average Bonchev–Trinajstić information content (AvgIpc) is 2.99. The molecule has 3 N–H and O–H groups in total. The lowest BCUT2D eigenvalue weighted by atomic mass is 9.91. The maximum atomic E-state index is 13.2. The van der Waals surface area contributed by atoms with Gasteiger partial charge in [-0.3, -0.25) is 14.4 Å². The largest absolute Gasteiger partial charge is 0.365 e. The summed E-state index contributed by atoms with van der Waals surface area (Å²) in [4.78, 5) is 44.2. The number of anilines is 1. The second-order valence-corrected chi connectivity index (χ2v) is 8.22. The van der Waals surface area contributed by atoms with E-state index < -0.39 is 11.4 Å². The molecule has 0 spiro atoms. The third-order valence-corrected chi connectivity index (χ3v) is 6.45. The van der Waals surface area contributed by atoms with E-state index in [1.807, 2.05) is 0 Å². The van der Waals surface area contributed by atoms with Crippen molar-refractivity contribution in [2.75, 3.05) is 5.32 Å². The Kier molecular flexibility index (Phi) is 4.22. The van der Waals surface area contributed by atoms with E-state index in [9.17, 15) is 14.4 Å². The number of nitrogens with two attached hydrogens (primary N) is 1. The number of thiophene rings is 1. The van der Waals surface area contributed by atoms with Gasteiger partial charge in [0, 0.05) is 11.1 Å². The molecule has 1 unspecified atom stereocenters. The molecular weight excluding hydrogens is 364 g/mol. The summed E-state index contributed by atoms with van der Waals surface area (Å²) in [5.41, 5.74) is 5.85. The van der Waals surface area contributed by atoms with E-state index in [0.717, 1.165) is 36.1 Å². The van der Waals surface area contributed by atoms with E-state index in [1.165, 1.54) is 11.3 Å². The molecule has 27 heavy (non-hydrogen) atoms. The van der Waals surface area contributed by atoms with E-state index in [-0.39, 0.29) is 18.2 Å². The molecule has 1 aromatic heterocycles. The molecule has 0 bridgehead atoms. The molecule has 7 nitrogen and oxygen atoms in total. The summed E-state index contributed by atoms with van der Waals surface area (Å²) in [5, 5.41) is 3.37. The van der Waals surface area contributed by atoms with Gasteiger partial charge in [-0.05, 0) is 50.3 Å². The van der Waals surface area contributed by atoms with Crippen LogP contribution in [0.1, 0.15) is 47.0 Å². The predicted octanol–water partition coefficient (Wildman–Crippen LogP) is 2.14. The van der Waals surface area contributed by atoms with Crippen molar-refractivity contribution in [3.05, 3.63) is 40.4 Å². The summed E-state index contributed by atoms with van der Waals surface area (Å²) < 4.78 is 0. The zero-order valence-electron chi connectivity index (χ0n) is 14.9. The number of nitrogens with one attached hydrogen (secondary N) is 1. The zero-order valence-corrected chi connectivity index (χ0v) is 15.8. The third kappa shape index (κ3) is 2.90. The quantitative estimate of drug-likeness (QED) is 0.833. The summed E-state index contributed by atoms with van der Waals surface area (Å²) in [6.07, 6.45) is 10.7. The smallest absolute Gasteiger partial charge is 0.251 e. The number of hydrogen-bond acceptors (Lipinski definition) is 5. The number of allylic oxidation sites excluding steroid dienone is 2. The highest BCUT2D eigenvalue weighted by molar-refractivity contribution is 7.17. The Morgan fingerprint density at radius 3 is 2.85 bits per heavy atom. The highest BCUT2D eigenvalue weighted by atomic mass is 32.1. The van der Waals surface area contributed by atoms with Crippen LogP contribution in [0.3, 0.4) is 0 Å². The topological polar surface area (TPSA) is 105 Å². The highest BCUT2D eigenvalue weighted by Crippen LogP contribution is 2.39. The Hall–Kier alpha value is -2.74. The van der Waals surface area contributed by atoms with Gasteiger partial charge in [0.25, 0.3) is 17.7 Å². The van der Waals surface area contributed by atoms with Crippen LogP contribution in [0.15, 0.2) is 29.4 Å². The van der Waals surface area contributed by atoms with Crippen LogP contribution in [0.2, 0.25) is 0 Å². The van der Waals surface area contributed by atoms with Crippen LogP contribution in [0, 0.1) is 0 Å². The van der Waals surface area contributed by atoms with Crippen LogP contribution >= 0.6 is 11.3 Å².